The number of amides is 1. The Labute approximate surface area is 139 Å². The van der Waals surface area contributed by atoms with Crippen LogP contribution in [0.25, 0.3) is 0 Å². The van der Waals surface area contributed by atoms with E-state index in [0.29, 0.717) is 13.1 Å². The molecule has 0 saturated heterocycles. The number of likely N-dealkylation sites (N-methyl/N-ethyl adjacent to an activating group) is 1. The SMILES string of the molecule is CCCCN(CCC(=O)N(C)CCc1ccncc1)S(C)(=O)=O. The highest BCUT2D eigenvalue weighted by molar-refractivity contribution is 7.88. The molecule has 6 nitrogen and oxygen atoms in total. The normalized spacial score (nSPS) is 11.7. The van der Waals surface area contributed by atoms with Crippen molar-refractivity contribution in [1.29, 1.82) is 0 Å². The van der Waals surface area contributed by atoms with Gasteiger partial charge in [0, 0.05) is 45.5 Å². The molecule has 0 fully saturated rings. The molecule has 1 aromatic rings. The lowest BCUT2D eigenvalue weighted by Gasteiger charge is -2.22. The first-order valence-electron chi connectivity index (χ1n) is 7.92. The lowest BCUT2D eigenvalue weighted by Crippen LogP contribution is -2.36. The monoisotopic (exact) mass is 341 g/mol. The third kappa shape index (κ3) is 7.56. The molecule has 0 bridgehead atoms. The molecule has 1 amide bonds. The summed E-state index contributed by atoms with van der Waals surface area (Å²) < 4.78 is 24.8. The Hall–Kier alpha value is -1.47. The van der Waals surface area contributed by atoms with E-state index in [9.17, 15) is 13.2 Å². The third-order valence-electron chi connectivity index (χ3n) is 3.72. The number of aromatic nitrogens is 1. The molecule has 7 heteroatoms. The third-order valence-corrected chi connectivity index (χ3v) is 5.02. The molecule has 23 heavy (non-hydrogen) atoms. The highest BCUT2D eigenvalue weighted by Gasteiger charge is 2.18. The maximum absolute atomic E-state index is 12.2. The van der Waals surface area contributed by atoms with Crippen molar-refractivity contribution in [2.24, 2.45) is 0 Å². The Morgan fingerprint density at radius 3 is 2.39 bits per heavy atom. The average Bonchev–Trinajstić information content (AvgIpc) is 2.52. The van der Waals surface area contributed by atoms with Crippen molar-refractivity contribution < 1.29 is 13.2 Å². The molecule has 130 valence electrons. The van der Waals surface area contributed by atoms with E-state index in [0.717, 1.165) is 24.8 Å². The van der Waals surface area contributed by atoms with Gasteiger partial charge in [0.2, 0.25) is 15.9 Å². The topological polar surface area (TPSA) is 70.6 Å². The van der Waals surface area contributed by atoms with Crippen molar-refractivity contribution in [3.8, 4) is 0 Å². The van der Waals surface area contributed by atoms with Crippen LogP contribution < -0.4 is 0 Å². The summed E-state index contributed by atoms with van der Waals surface area (Å²) >= 11 is 0. The zero-order valence-electron chi connectivity index (χ0n) is 14.2. The molecule has 0 saturated carbocycles. The summed E-state index contributed by atoms with van der Waals surface area (Å²) in [5.41, 5.74) is 1.13. The first-order valence-corrected chi connectivity index (χ1v) is 9.77. The minimum atomic E-state index is -3.26. The Morgan fingerprint density at radius 2 is 1.83 bits per heavy atom. The molecule has 0 atom stereocenters. The molecule has 0 unspecified atom stereocenters. The second-order valence-corrected chi connectivity index (χ2v) is 7.67. The van der Waals surface area contributed by atoms with E-state index in [4.69, 9.17) is 0 Å². The molecular weight excluding hydrogens is 314 g/mol. The molecular formula is C16H27N3O3S. The minimum Gasteiger partial charge on any atom is -0.345 e. The minimum absolute atomic E-state index is 0.0378. The van der Waals surface area contributed by atoms with Crippen molar-refractivity contribution in [3.05, 3.63) is 30.1 Å². The maximum atomic E-state index is 12.2. The number of rotatable bonds is 10. The van der Waals surface area contributed by atoms with E-state index in [1.54, 1.807) is 24.3 Å². The fourth-order valence-corrected chi connectivity index (χ4v) is 3.04. The zero-order chi connectivity index (χ0) is 17.3. The van der Waals surface area contributed by atoms with Gasteiger partial charge in [0.1, 0.15) is 0 Å². The maximum Gasteiger partial charge on any atom is 0.223 e. The molecule has 0 aliphatic heterocycles. The predicted molar refractivity (Wildman–Crippen MR) is 91.5 cm³/mol. The fourth-order valence-electron chi connectivity index (χ4n) is 2.16. The van der Waals surface area contributed by atoms with Crippen LogP contribution in [0.15, 0.2) is 24.5 Å². The lowest BCUT2D eigenvalue weighted by molar-refractivity contribution is -0.130. The number of sulfonamides is 1. The molecule has 0 aromatic carbocycles. The van der Waals surface area contributed by atoms with Gasteiger partial charge in [0.15, 0.2) is 0 Å². The van der Waals surface area contributed by atoms with Gasteiger partial charge in [-0.2, -0.15) is 0 Å². The number of carbonyl (C=O) groups is 1. The molecule has 1 heterocycles. The lowest BCUT2D eigenvalue weighted by atomic mass is 10.2. The van der Waals surface area contributed by atoms with Crippen LogP contribution in [0.3, 0.4) is 0 Å². The van der Waals surface area contributed by atoms with E-state index >= 15 is 0 Å². The highest BCUT2D eigenvalue weighted by Crippen LogP contribution is 2.05. The number of pyridine rings is 1. The van der Waals surface area contributed by atoms with E-state index in [-0.39, 0.29) is 18.9 Å². The second kappa shape index (κ2) is 9.62. The summed E-state index contributed by atoms with van der Waals surface area (Å²) in [4.78, 5) is 17.8. The number of carbonyl (C=O) groups excluding carboxylic acids is 1. The highest BCUT2D eigenvalue weighted by atomic mass is 32.2. The van der Waals surface area contributed by atoms with Crippen LogP contribution in [0.5, 0.6) is 0 Å². The van der Waals surface area contributed by atoms with Crippen molar-refractivity contribution >= 4 is 15.9 Å². The second-order valence-electron chi connectivity index (χ2n) is 5.69. The van der Waals surface area contributed by atoms with E-state index in [2.05, 4.69) is 4.98 Å². The van der Waals surface area contributed by atoms with Crippen LogP contribution in [0.2, 0.25) is 0 Å². The van der Waals surface area contributed by atoms with Gasteiger partial charge in [-0.3, -0.25) is 9.78 Å². The Kier molecular flexibility index (Phi) is 8.19. The van der Waals surface area contributed by atoms with Crippen LogP contribution in [-0.4, -0.2) is 61.5 Å². The first kappa shape index (κ1) is 19.6. The fraction of sp³-hybridized carbons (Fsp3) is 0.625. The standard InChI is InChI=1S/C16H27N3O3S/c1-4-5-12-19(23(3,21)22)14-9-16(20)18(2)13-8-15-6-10-17-11-7-15/h6-7,10-11H,4-5,8-9,12-14H2,1-3H3. The first-order chi connectivity index (χ1) is 10.8. The van der Waals surface area contributed by atoms with Crippen molar-refractivity contribution in [2.75, 3.05) is 32.9 Å². The molecule has 0 aliphatic carbocycles. The smallest absolute Gasteiger partial charge is 0.223 e. The zero-order valence-corrected chi connectivity index (χ0v) is 15.1. The Morgan fingerprint density at radius 1 is 1.17 bits per heavy atom. The van der Waals surface area contributed by atoms with Crippen LogP contribution in [0.4, 0.5) is 0 Å². The van der Waals surface area contributed by atoms with Crippen molar-refractivity contribution in [3.63, 3.8) is 0 Å². The van der Waals surface area contributed by atoms with Gasteiger partial charge in [-0.1, -0.05) is 13.3 Å². The van der Waals surface area contributed by atoms with Gasteiger partial charge < -0.3 is 4.90 Å². The molecule has 1 aromatic heterocycles. The summed E-state index contributed by atoms with van der Waals surface area (Å²) in [7, 11) is -1.51. The van der Waals surface area contributed by atoms with Gasteiger partial charge in [-0.15, -0.1) is 0 Å². The van der Waals surface area contributed by atoms with E-state index in [1.165, 1.54) is 10.6 Å². The molecule has 1 rings (SSSR count). The van der Waals surface area contributed by atoms with E-state index < -0.39 is 10.0 Å². The predicted octanol–water partition coefficient (Wildman–Crippen LogP) is 1.53. The summed E-state index contributed by atoms with van der Waals surface area (Å²) in [6, 6.07) is 3.85. The van der Waals surface area contributed by atoms with E-state index in [1.807, 2.05) is 19.1 Å². The number of nitrogens with zero attached hydrogens (tertiary/aromatic N) is 3. The molecule has 0 aliphatic rings. The average molecular weight is 341 g/mol. The van der Waals surface area contributed by atoms with Crippen molar-refractivity contribution in [1.82, 2.24) is 14.2 Å². The van der Waals surface area contributed by atoms with Crippen LogP contribution in [-0.2, 0) is 21.2 Å². The van der Waals surface area contributed by atoms with Gasteiger partial charge in [-0.25, -0.2) is 12.7 Å². The van der Waals surface area contributed by atoms with Crippen molar-refractivity contribution in [2.45, 2.75) is 32.6 Å². The van der Waals surface area contributed by atoms with Crippen LogP contribution >= 0.6 is 0 Å². The van der Waals surface area contributed by atoms with Gasteiger partial charge >= 0.3 is 0 Å². The summed E-state index contributed by atoms with van der Waals surface area (Å²) in [6.45, 7) is 3.34. The molecule has 0 radical (unpaired) electrons. The largest absolute Gasteiger partial charge is 0.345 e. The molecule has 0 N–H and O–H groups in total. The van der Waals surface area contributed by atoms with Gasteiger partial charge in [-0.05, 0) is 30.5 Å². The van der Waals surface area contributed by atoms with Crippen LogP contribution in [0.1, 0.15) is 31.7 Å². The summed E-state index contributed by atoms with van der Waals surface area (Å²) in [5.74, 6) is -0.0378. The quantitative estimate of drug-likeness (QED) is 0.647. The molecule has 0 spiro atoms. The van der Waals surface area contributed by atoms with Gasteiger partial charge in [0.25, 0.3) is 0 Å². The Bertz CT molecular complexity index is 575. The number of hydrogen-bond acceptors (Lipinski definition) is 4. The Balaban J connectivity index is 2.44. The van der Waals surface area contributed by atoms with Crippen LogP contribution in [0, 0.1) is 0 Å². The number of unbranched alkanes of at least 4 members (excludes halogenated alkanes) is 1. The summed E-state index contributed by atoms with van der Waals surface area (Å²) in [6.07, 6.45) is 7.36. The van der Waals surface area contributed by atoms with Gasteiger partial charge in [0.05, 0.1) is 6.26 Å². The number of hydrogen-bond donors (Lipinski definition) is 0. The summed E-state index contributed by atoms with van der Waals surface area (Å²) in [5, 5.41) is 0.